The van der Waals surface area contributed by atoms with Crippen LogP contribution in [0.15, 0.2) is 53.3 Å². The summed E-state index contributed by atoms with van der Waals surface area (Å²) in [5, 5.41) is 3.79. The Labute approximate surface area is 238 Å². The lowest BCUT2D eigenvalue weighted by molar-refractivity contribution is 0.0950. The monoisotopic (exact) mass is 562 g/mol. The largest absolute Gasteiger partial charge is 0.496 e. The van der Waals surface area contributed by atoms with E-state index in [4.69, 9.17) is 4.74 Å². The van der Waals surface area contributed by atoms with Gasteiger partial charge in [-0.3, -0.25) is 14.5 Å². The van der Waals surface area contributed by atoms with Gasteiger partial charge in [0.15, 0.2) is 0 Å². The molecule has 0 spiro atoms. The molecule has 1 amide bonds. The van der Waals surface area contributed by atoms with Gasteiger partial charge in [-0.15, -0.1) is 0 Å². The lowest BCUT2D eigenvalue weighted by atomic mass is 9.89. The fourth-order valence-corrected chi connectivity index (χ4v) is 6.21. The fourth-order valence-electron chi connectivity index (χ4n) is 6.21. The summed E-state index contributed by atoms with van der Waals surface area (Å²) in [6.07, 6.45) is 1.75. The SMILES string of the molecule is COc1cc(C)[nH]c(=O)c1CNC(=O)c1c(C)n([C@H](C)C2CCN(Cc3c(F)cccc3F)CC2)c2ccccc12. The molecule has 41 heavy (non-hydrogen) atoms. The van der Waals surface area contributed by atoms with Gasteiger partial charge in [0.25, 0.3) is 11.5 Å². The fraction of sp³-hybridized carbons (Fsp3) is 0.375. The topological polar surface area (TPSA) is 79.4 Å². The van der Waals surface area contributed by atoms with Crippen molar-refractivity contribution in [3.05, 3.63) is 98.6 Å². The third-order valence-corrected chi connectivity index (χ3v) is 8.42. The maximum Gasteiger partial charge on any atom is 0.256 e. The Bertz CT molecular complexity index is 1620. The van der Waals surface area contributed by atoms with Gasteiger partial charge < -0.3 is 19.6 Å². The minimum Gasteiger partial charge on any atom is -0.496 e. The number of benzene rings is 2. The zero-order valence-electron chi connectivity index (χ0n) is 23.9. The molecular formula is C32H36F2N4O3. The summed E-state index contributed by atoms with van der Waals surface area (Å²) in [6.45, 7) is 7.67. The molecule has 2 aromatic heterocycles. The number of fused-ring (bicyclic) bond motifs is 1. The first kappa shape index (κ1) is 28.5. The molecule has 2 N–H and O–H groups in total. The van der Waals surface area contributed by atoms with Gasteiger partial charge in [0.1, 0.15) is 17.4 Å². The third kappa shape index (κ3) is 5.63. The first-order valence-corrected chi connectivity index (χ1v) is 14.0. The smallest absolute Gasteiger partial charge is 0.256 e. The van der Waals surface area contributed by atoms with E-state index in [1.807, 2.05) is 31.2 Å². The highest BCUT2D eigenvalue weighted by Gasteiger charge is 2.30. The van der Waals surface area contributed by atoms with Gasteiger partial charge in [-0.05, 0) is 76.9 Å². The standard InChI is InChI=1S/C32H36F2N4O3/c1-19-16-29(41-4)24(31(39)36-19)17-35-32(40)30-21(3)38(28-11-6-5-8-23(28)30)20(2)22-12-14-37(15-13-22)18-25-26(33)9-7-10-27(25)34/h5-11,16,20,22H,12-15,17-18H2,1-4H3,(H,35,40)(H,36,39)/t20-/m1/s1. The molecule has 9 heteroatoms. The van der Waals surface area contributed by atoms with Crippen LogP contribution in [0, 0.1) is 31.4 Å². The summed E-state index contributed by atoms with van der Waals surface area (Å²) in [5.41, 5.74) is 3.29. The molecule has 0 radical (unpaired) electrons. The molecule has 4 aromatic rings. The summed E-state index contributed by atoms with van der Waals surface area (Å²) >= 11 is 0. The van der Waals surface area contributed by atoms with Crippen LogP contribution in [-0.4, -0.2) is 40.6 Å². The highest BCUT2D eigenvalue weighted by molar-refractivity contribution is 6.08. The molecule has 1 aliphatic rings. The van der Waals surface area contributed by atoms with Crippen LogP contribution in [0.1, 0.15) is 58.7 Å². The molecular weight excluding hydrogens is 526 g/mol. The number of nitrogens with one attached hydrogen (secondary N) is 2. The predicted octanol–water partition coefficient (Wildman–Crippen LogP) is 5.64. The summed E-state index contributed by atoms with van der Waals surface area (Å²) in [6, 6.07) is 13.7. The third-order valence-electron chi connectivity index (χ3n) is 8.42. The number of para-hydroxylation sites is 1. The minimum atomic E-state index is -0.508. The number of hydrogen-bond acceptors (Lipinski definition) is 4. The highest BCUT2D eigenvalue weighted by atomic mass is 19.1. The number of aryl methyl sites for hydroxylation is 1. The number of ether oxygens (including phenoxy) is 1. The van der Waals surface area contributed by atoms with E-state index in [1.54, 1.807) is 13.0 Å². The first-order valence-electron chi connectivity index (χ1n) is 14.0. The van der Waals surface area contributed by atoms with Crippen LogP contribution in [-0.2, 0) is 13.1 Å². The van der Waals surface area contributed by atoms with E-state index in [-0.39, 0.29) is 36.2 Å². The second-order valence-corrected chi connectivity index (χ2v) is 10.9. The maximum absolute atomic E-state index is 14.2. The van der Waals surface area contributed by atoms with Crippen LogP contribution in [0.2, 0.25) is 0 Å². The Morgan fingerprint density at radius 1 is 1.07 bits per heavy atom. The van der Waals surface area contributed by atoms with Crippen LogP contribution < -0.4 is 15.6 Å². The number of nitrogens with zero attached hydrogens (tertiary/aromatic N) is 2. The van der Waals surface area contributed by atoms with E-state index >= 15 is 0 Å². The average Bonchev–Trinajstić information content (AvgIpc) is 3.25. The first-order chi connectivity index (χ1) is 19.7. The van der Waals surface area contributed by atoms with Crippen molar-refractivity contribution in [2.45, 2.75) is 52.7 Å². The number of likely N-dealkylation sites (tertiary alicyclic amines) is 1. The molecule has 1 aliphatic heterocycles. The van der Waals surface area contributed by atoms with Crippen LogP contribution >= 0.6 is 0 Å². The number of methoxy groups -OCH3 is 1. The van der Waals surface area contributed by atoms with Gasteiger partial charge in [-0.25, -0.2) is 8.78 Å². The summed E-state index contributed by atoms with van der Waals surface area (Å²) in [7, 11) is 1.50. The lowest BCUT2D eigenvalue weighted by Gasteiger charge is -2.36. The zero-order chi connectivity index (χ0) is 29.3. The van der Waals surface area contributed by atoms with Crippen molar-refractivity contribution >= 4 is 16.8 Å². The molecule has 7 nitrogen and oxygen atoms in total. The molecule has 216 valence electrons. The van der Waals surface area contributed by atoms with E-state index in [0.29, 0.717) is 28.5 Å². The Hall–Kier alpha value is -3.98. The molecule has 1 fully saturated rings. The van der Waals surface area contributed by atoms with Crippen molar-refractivity contribution in [2.24, 2.45) is 5.92 Å². The molecule has 5 rings (SSSR count). The van der Waals surface area contributed by atoms with Crippen molar-refractivity contribution in [3.63, 3.8) is 0 Å². The quantitative estimate of drug-likeness (QED) is 0.292. The average molecular weight is 563 g/mol. The van der Waals surface area contributed by atoms with Gasteiger partial charge in [0.2, 0.25) is 0 Å². The molecule has 0 aliphatic carbocycles. The van der Waals surface area contributed by atoms with Crippen molar-refractivity contribution in [2.75, 3.05) is 20.2 Å². The summed E-state index contributed by atoms with van der Waals surface area (Å²) in [5.74, 6) is -0.508. The Balaban J connectivity index is 1.34. The van der Waals surface area contributed by atoms with Crippen LogP contribution in [0.25, 0.3) is 10.9 Å². The molecule has 2 aromatic carbocycles. The van der Waals surface area contributed by atoms with Gasteiger partial charge >= 0.3 is 0 Å². The predicted molar refractivity (Wildman–Crippen MR) is 155 cm³/mol. The molecule has 1 atom stereocenters. The number of aromatic nitrogens is 2. The van der Waals surface area contributed by atoms with Gasteiger partial charge in [0, 0.05) is 40.4 Å². The van der Waals surface area contributed by atoms with Crippen LogP contribution in [0.4, 0.5) is 8.78 Å². The van der Waals surface area contributed by atoms with E-state index < -0.39 is 11.6 Å². The number of halogens is 2. The van der Waals surface area contributed by atoms with Gasteiger partial charge in [-0.1, -0.05) is 24.3 Å². The number of rotatable bonds is 8. The van der Waals surface area contributed by atoms with E-state index in [9.17, 15) is 18.4 Å². The van der Waals surface area contributed by atoms with Gasteiger partial charge in [0.05, 0.1) is 24.8 Å². The highest BCUT2D eigenvalue weighted by Crippen LogP contribution is 2.36. The van der Waals surface area contributed by atoms with Crippen molar-refractivity contribution in [1.29, 1.82) is 0 Å². The molecule has 1 saturated heterocycles. The Morgan fingerprint density at radius 3 is 2.44 bits per heavy atom. The van der Waals surface area contributed by atoms with Crippen LogP contribution in [0.3, 0.4) is 0 Å². The van der Waals surface area contributed by atoms with Crippen molar-refractivity contribution in [3.8, 4) is 5.75 Å². The number of pyridine rings is 1. The Kier molecular flexibility index (Phi) is 8.26. The van der Waals surface area contributed by atoms with E-state index in [0.717, 1.165) is 42.5 Å². The second-order valence-electron chi connectivity index (χ2n) is 10.9. The minimum absolute atomic E-state index is 0.0349. The number of piperidine rings is 1. The Morgan fingerprint density at radius 2 is 1.76 bits per heavy atom. The van der Waals surface area contributed by atoms with Crippen molar-refractivity contribution < 1.29 is 18.3 Å². The normalized spacial score (nSPS) is 15.3. The summed E-state index contributed by atoms with van der Waals surface area (Å²) in [4.78, 5) is 31.0. The second kappa shape index (κ2) is 11.9. The number of hydrogen-bond donors (Lipinski definition) is 2. The molecule has 0 bridgehead atoms. The van der Waals surface area contributed by atoms with Crippen molar-refractivity contribution in [1.82, 2.24) is 19.8 Å². The van der Waals surface area contributed by atoms with Gasteiger partial charge in [-0.2, -0.15) is 0 Å². The van der Waals surface area contributed by atoms with Crippen LogP contribution in [0.5, 0.6) is 5.75 Å². The molecule has 0 saturated carbocycles. The summed E-state index contributed by atoms with van der Waals surface area (Å²) < 4.78 is 36.0. The molecule has 0 unspecified atom stereocenters. The van der Waals surface area contributed by atoms with E-state index in [1.165, 1.54) is 25.3 Å². The van der Waals surface area contributed by atoms with E-state index in [2.05, 4.69) is 26.7 Å². The maximum atomic E-state index is 14.2. The number of amides is 1. The number of H-pyrrole nitrogens is 1. The molecule has 3 heterocycles. The number of aromatic amines is 1. The zero-order valence-corrected chi connectivity index (χ0v) is 23.9. The lowest BCUT2D eigenvalue weighted by Crippen LogP contribution is -2.36. The number of carbonyl (C=O) groups excluding carboxylic acids is 1. The number of carbonyl (C=O) groups is 1.